The number of nitrogens with one attached hydrogen (secondary N) is 2. The first-order valence-electron chi connectivity index (χ1n) is 10.3. The van der Waals surface area contributed by atoms with E-state index in [0.29, 0.717) is 11.0 Å². The molecule has 0 radical (unpaired) electrons. The zero-order chi connectivity index (χ0) is 20.8. The van der Waals surface area contributed by atoms with Gasteiger partial charge in [-0.1, -0.05) is 49.7 Å². The molecule has 3 rings (SSSR count). The van der Waals surface area contributed by atoms with E-state index in [9.17, 15) is 0 Å². The Bertz CT molecular complexity index is 801. The highest BCUT2D eigenvalue weighted by atomic mass is 35.5. The van der Waals surface area contributed by atoms with E-state index in [0.717, 1.165) is 43.4 Å². The average molecular weight is 431 g/mol. The number of hydrogen-bond donors (Lipinski definition) is 2. The summed E-state index contributed by atoms with van der Waals surface area (Å²) in [5, 5.41) is 8.33. The summed E-state index contributed by atoms with van der Waals surface area (Å²) in [6, 6.07) is 16.4. The molecule has 0 spiro atoms. The fourth-order valence-electron chi connectivity index (χ4n) is 3.75. The van der Waals surface area contributed by atoms with Gasteiger partial charge in [0.25, 0.3) is 0 Å². The van der Waals surface area contributed by atoms with E-state index in [-0.39, 0.29) is 6.17 Å². The van der Waals surface area contributed by atoms with Crippen LogP contribution in [0.3, 0.4) is 0 Å². The van der Waals surface area contributed by atoms with E-state index in [4.69, 9.17) is 23.8 Å². The minimum absolute atomic E-state index is 0.220. The Morgan fingerprint density at radius 2 is 1.76 bits per heavy atom. The Kier molecular flexibility index (Phi) is 7.90. The molecule has 1 atom stereocenters. The van der Waals surface area contributed by atoms with E-state index in [2.05, 4.69) is 65.5 Å². The molecule has 2 aromatic rings. The van der Waals surface area contributed by atoms with E-state index in [1.165, 1.54) is 11.1 Å². The van der Waals surface area contributed by atoms with Crippen molar-refractivity contribution < 1.29 is 0 Å². The van der Waals surface area contributed by atoms with Gasteiger partial charge in [0.05, 0.1) is 6.17 Å². The number of rotatable bonds is 6. The van der Waals surface area contributed by atoms with Crippen molar-refractivity contribution in [2.45, 2.75) is 33.5 Å². The number of benzene rings is 2. The molecule has 0 unspecified atom stereocenters. The summed E-state index contributed by atoms with van der Waals surface area (Å²) in [5.41, 5.74) is 3.55. The maximum absolute atomic E-state index is 6.00. The van der Waals surface area contributed by atoms with Gasteiger partial charge in [0, 0.05) is 43.4 Å². The Balaban J connectivity index is 1.52. The van der Waals surface area contributed by atoms with Gasteiger partial charge in [-0.3, -0.25) is 9.80 Å². The second-order valence-corrected chi connectivity index (χ2v) is 8.94. The van der Waals surface area contributed by atoms with Crippen LogP contribution in [-0.4, -0.2) is 47.3 Å². The van der Waals surface area contributed by atoms with Crippen LogP contribution < -0.4 is 10.6 Å². The molecule has 1 fully saturated rings. The number of anilines is 1. The fraction of sp³-hybridized carbons (Fsp3) is 0.435. The highest BCUT2D eigenvalue weighted by Crippen LogP contribution is 2.16. The number of aryl methyl sites for hydroxylation is 1. The maximum atomic E-state index is 6.00. The van der Waals surface area contributed by atoms with Gasteiger partial charge in [-0.25, -0.2) is 0 Å². The van der Waals surface area contributed by atoms with Crippen molar-refractivity contribution >= 4 is 34.6 Å². The van der Waals surface area contributed by atoms with E-state index < -0.39 is 0 Å². The van der Waals surface area contributed by atoms with Crippen molar-refractivity contribution in [1.82, 2.24) is 15.1 Å². The van der Waals surface area contributed by atoms with Crippen LogP contribution in [0, 0.1) is 12.8 Å². The van der Waals surface area contributed by atoms with Crippen molar-refractivity contribution in [2.75, 3.05) is 31.5 Å². The predicted octanol–water partition coefficient (Wildman–Crippen LogP) is 4.73. The van der Waals surface area contributed by atoms with Gasteiger partial charge in [0.1, 0.15) is 0 Å². The van der Waals surface area contributed by atoms with Gasteiger partial charge in [-0.15, -0.1) is 0 Å². The number of thiocarbonyl (C=S) groups is 1. The summed E-state index contributed by atoms with van der Waals surface area (Å²) in [6.45, 7) is 11.7. The predicted molar refractivity (Wildman–Crippen MR) is 127 cm³/mol. The summed E-state index contributed by atoms with van der Waals surface area (Å²) >= 11 is 11.6. The average Bonchev–Trinajstić information content (AvgIpc) is 2.68. The minimum Gasteiger partial charge on any atom is -0.347 e. The van der Waals surface area contributed by atoms with Crippen LogP contribution in [0.25, 0.3) is 0 Å². The third-order valence-electron chi connectivity index (χ3n) is 5.31. The van der Waals surface area contributed by atoms with Crippen molar-refractivity contribution in [3.63, 3.8) is 0 Å². The molecule has 2 aromatic carbocycles. The first-order valence-corrected chi connectivity index (χ1v) is 11.0. The fourth-order valence-corrected chi connectivity index (χ4v) is 4.12. The molecule has 6 heteroatoms. The molecule has 0 aromatic heterocycles. The van der Waals surface area contributed by atoms with Gasteiger partial charge >= 0.3 is 0 Å². The summed E-state index contributed by atoms with van der Waals surface area (Å²) < 4.78 is 0. The van der Waals surface area contributed by atoms with Crippen molar-refractivity contribution in [3.05, 3.63) is 64.7 Å². The largest absolute Gasteiger partial charge is 0.347 e. The topological polar surface area (TPSA) is 30.5 Å². The van der Waals surface area contributed by atoms with Crippen LogP contribution in [0.2, 0.25) is 5.02 Å². The quantitative estimate of drug-likeness (QED) is 0.646. The standard InChI is InChI=1S/C23H31ClN4S/c1-17(2)22(26-23(29)25-21-6-4-5-18(3)15-21)28-13-11-27(12-14-28)16-19-7-9-20(24)10-8-19/h4-10,15,17,22H,11-14,16H2,1-3H3,(H2,25,26,29)/t22-/m1/s1. The van der Waals surface area contributed by atoms with Crippen LogP contribution in [0.1, 0.15) is 25.0 Å². The minimum atomic E-state index is 0.220. The molecular weight excluding hydrogens is 400 g/mol. The Morgan fingerprint density at radius 1 is 1.07 bits per heavy atom. The summed E-state index contributed by atoms with van der Waals surface area (Å²) in [6.07, 6.45) is 0.220. The second-order valence-electron chi connectivity index (χ2n) is 8.10. The van der Waals surface area contributed by atoms with Crippen molar-refractivity contribution in [1.29, 1.82) is 0 Å². The first-order chi connectivity index (χ1) is 13.9. The molecule has 1 saturated heterocycles. The van der Waals surface area contributed by atoms with Gasteiger partial charge in [0.15, 0.2) is 5.11 Å². The van der Waals surface area contributed by atoms with Gasteiger partial charge in [-0.2, -0.15) is 0 Å². The Morgan fingerprint density at radius 3 is 2.38 bits per heavy atom. The third-order valence-corrected chi connectivity index (χ3v) is 5.78. The van der Waals surface area contributed by atoms with E-state index in [1.54, 1.807) is 0 Å². The third kappa shape index (κ3) is 6.68. The highest BCUT2D eigenvalue weighted by Gasteiger charge is 2.26. The molecular formula is C23H31ClN4S. The van der Waals surface area contributed by atoms with Crippen LogP contribution in [0.5, 0.6) is 0 Å². The van der Waals surface area contributed by atoms with Crippen LogP contribution in [-0.2, 0) is 6.54 Å². The molecule has 0 aliphatic carbocycles. The summed E-state index contributed by atoms with van der Waals surface area (Å²) in [5.74, 6) is 0.454. The lowest BCUT2D eigenvalue weighted by Gasteiger charge is -2.41. The lowest BCUT2D eigenvalue weighted by Crippen LogP contribution is -2.58. The normalized spacial score (nSPS) is 16.6. The molecule has 4 nitrogen and oxygen atoms in total. The highest BCUT2D eigenvalue weighted by molar-refractivity contribution is 7.80. The number of piperazine rings is 1. The van der Waals surface area contributed by atoms with Crippen LogP contribution in [0.4, 0.5) is 5.69 Å². The van der Waals surface area contributed by atoms with Gasteiger partial charge < -0.3 is 10.6 Å². The Hall–Kier alpha value is -1.66. The molecule has 2 N–H and O–H groups in total. The van der Waals surface area contributed by atoms with Crippen molar-refractivity contribution in [2.24, 2.45) is 5.92 Å². The molecule has 1 heterocycles. The van der Waals surface area contributed by atoms with Crippen LogP contribution in [0.15, 0.2) is 48.5 Å². The molecule has 29 heavy (non-hydrogen) atoms. The Labute approximate surface area is 185 Å². The smallest absolute Gasteiger partial charge is 0.172 e. The lowest BCUT2D eigenvalue weighted by molar-refractivity contribution is 0.0663. The van der Waals surface area contributed by atoms with E-state index >= 15 is 0 Å². The van der Waals surface area contributed by atoms with Crippen molar-refractivity contribution in [3.8, 4) is 0 Å². The number of hydrogen-bond acceptors (Lipinski definition) is 3. The van der Waals surface area contributed by atoms with Crippen LogP contribution >= 0.6 is 23.8 Å². The lowest BCUT2D eigenvalue weighted by atomic mass is 10.1. The maximum Gasteiger partial charge on any atom is 0.172 e. The molecule has 1 aliphatic rings. The molecule has 1 aliphatic heterocycles. The summed E-state index contributed by atoms with van der Waals surface area (Å²) in [4.78, 5) is 5.01. The summed E-state index contributed by atoms with van der Waals surface area (Å²) in [7, 11) is 0. The number of halogens is 1. The zero-order valence-corrected chi connectivity index (χ0v) is 19.1. The van der Waals surface area contributed by atoms with E-state index in [1.807, 2.05) is 24.3 Å². The SMILES string of the molecule is Cc1cccc(NC(=S)N[C@@H](C(C)C)N2CCN(Cc3ccc(Cl)cc3)CC2)c1. The first kappa shape index (κ1) is 22.0. The molecule has 156 valence electrons. The number of nitrogens with zero attached hydrogens (tertiary/aromatic N) is 2. The molecule has 0 bridgehead atoms. The monoisotopic (exact) mass is 430 g/mol. The zero-order valence-electron chi connectivity index (χ0n) is 17.5. The molecule has 0 saturated carbocycles. The molecule has 0 amide bonds. The van der Waals surface area contributed by atoms with Gasteiger partial charge in [-0.05, 0) is 60.5 Å². The second kappa shape index (κ2) is 10.4. The van der Waals surface area contributed by atoms with Gasteiger partial charge in [0.2, 0.25) is 0 Å².